The highest BCUT2D eigenvalue weighted by Crippen LogP contribution is 2.22. The Balaban J connectivity index is 2.97. The molecule has 1 aromatic rings. The molecule has 4 nitrogen and oxygen atoms in total. The van der Waals surface area contributed by atoms with Crippen LogP contribution in [0.3, 0.4) is 0 Å². The SMILES string of the molecule is C#C[C@@H](c1ccsc1)[C@H](NC(C)=O)C(=O)OCC. The van der Waals surface area contributed by atoms with Crippen molar-refractivity contribution in [3.8, 4) is 12.3 Å². The molecule has 1 amide bonds. The van der Waals surface area contributed by atoms with Crippen molar-refractivity contribution in [2.75, 3.05) is 6.61 Å². The van der Waals surface area contributed by atoms with Crippen LogP contribution >= 0.6 is 11.3 Å². The summed E-state index contributed by atoms with van der Waals surface area (Å²) in [5.74, 6) is 1.20. The second kappa shape index (κ2) is 6.82. The first-order valence-corrected chi connectivity index (χ1v) is 6.46. The quantitative estimate of drug-likeness (QED) is 0.649. The van der Waals surface area contributed by atoms with Crippen LogP contribution in [0.1, 0.15) is 25.3 Å². The zero-order valence-corrected chi connectivity index (χ0v) is 11.1. The Kier molecular flexibility index (Phi) is 5.40. The van der Waals surface area contributed by atoms with E-state index in [1.54, 1.807) is 6.92 Å². The number of terminal acetylenes is 1. The number of thiophene rings is 1. The van der Waals surface area contributed by atoms with Gasteiger partial charge in [-0.1, -0.05) is 5.92 Å². The van der Waals surface area contributed by atoms with Crippen molar-refractivity contribution in [3.05, 3.63) is 22.4 Å². The van der Waals surface area contributed by atoms with Gasteiger partial charge in [0.25, 0.3) is 0 Å². The largest absolute Gasteiger partial charge is 0.464 e. The molecule has 1 aromatic heterocycles. The average molecular weight is 265 g/mol. The number of esters is 1. The number of carbonyl (C=O) groups excluding carboxylic acids is 2. The highest BCUT2D eigenvalue weighted by molar-refractivity contribution is 7.08. The predicted octanol–water partition coefficient (Wildman–Crippen LogP) is 1.53. The minimum Gasteiger partial charge on any atom is -0.464 e. The molecule has 0 spiro atoms. The summed E-state index contributed by atoms with van der Waals surface area (Å²) in [4.78, 5) is 23.0. The molecule has 1 heterocycles. The Morgan fingerprint density at radius 2 is 2.33 bits per heavy atom. The summed E-state index contributed by atoms with van der Waals surface area (Å²) in [6.45, 7) is 3.29. The fraction of sp³-hybridized carbons (Fsp3) is 0.385. The van der Waals surface area contributed by atoms with Crippen LogP contribution in [0.2, 0.25) is 0 Å². The first kappa shape index (κ1) is 14.3. The lowest BCUT2D eigenvalue weighted by Gasteiger charge is -2.21. The summed E-state index contributed by atoms with van der Waals surface area (Å²) in [6.07, 6.45) is 5.47. The summed E-state index contributed by atoms with van der Waals surface area (Å²) in [7, 11) is 0. The maximum absolute atomic E-state index is 11.8. The van der Waals surface area contributed by atoms with Gasteiger partial charge in [-0.2, -0.15) is 11.3 Å². The van der Waals surface area contributed by atoms with Crippen molar-refractivity contribution in [3.63, 3.8) is 0 Å². The van der Waals surface area contributed by atoms with E-state index >= 15 is 0 Å². The maximum atomic E-state index is 11.8. The maximum Gasteiger partial charge on any atom is 0.330 e. The molecule has 0 fully saturated rings. The summed E-state index contributed by atoms with van der Waals surface area (Å²) >= 11 is 1.48. The van der Waals surface area contributed by atoms with E-state index in [1.807, 2.05) is 16.8 Å². The summed E-state index contributed by atoms with van der Waals surface area (Å²) in [5.41, 5.74) is 0.828. The third kappa shape index (κ3) is 3.60. The molecule has 0 aliphatic rings. The van der Waals surface area contributed by atoms with Gasteiger partial charge >= 0.3 is 5.97 Å². The lowest BCUT2D eigenvalue weighted by atomic mass is 9.94. The van der Waals surface area contributed by atoms with Gasteiger partial charge in [0.2, 0.25) is 5.91 Å². The summed E-state index contributed by atoms with van der Waals surface area (Å²) < 4.78 is 4.94. The number of carbonyl (C=O) groups is 2. The van der Waals surface area contributed by atoms with E-state index in [4.69, 9.17) is 11.2 Å². The van der Waals surface area contributed by atoms with E-state index in [2.05, 4.69) is 11.2 Å². The van der Waals surface area contributed by atoms with E-state index < -0.39 is 17.9 Å². The number of hydrogen-bond acceptors (Lipinski definition) is 4. The van der Waals surface area contributed by atoms with Crippen LogP contribution in [0, 0.1) is 12.3 Å². The van der Waals surface area contributed by atoms with Crippen molar-refractivity contribution in [1.82, 2.24) is 5.32 Å². The highest BCUT2D eigenvalue weighted by Gasteiger charge is 2.30. The summed E-state index contributed by atoms with van der Waals surface area (Å²) in [6, 6.07) is 0.991. The molecule has 0 radical (unpaired) electrons. The molecular formula is C13H15NO3S. The first-order valence-electron chi connectivity index (χ1n) is 5.52. The van der Waals surface area contributed by atoms with E-state index in [1.165, 1.54) is 18.3 Å². The fourth-order valence-corrected chi connectivity index (χ4v) is 2.26. The van der Waals surface area contributed by atoms with Gasteiger partial charge in [-0.3, -0.25) is 4.79 Å². The number of nitrogens with one attached hydrogen (secondary N) is 1. The molecule has 1 rings (SSSR count). The third-order valence-electron chi connectivity index (χ3n) is 2.31. The third-order valence-corrected chi connectivity index (χ3v) is 3.02. The van der Waals surface area contributed by atoms with Crippen LogP contribution < -0.4 is 5.32 Å². The Hall–Kier alpha value is -1.80. The summed E-state index contributed by atoms with van der Waals surface area (Å²) in [5, 5.41) is 6.28. The first-order chi connectivity index (χ1) is 8.60. The molecule has 18 heavy (non-hydrogen) atoms. The number of rotatable bonds is 5. The standard InChI is InChI=1S/C13H15NO3S/c1-4-11(10-6-7-18-8-10)12(14-9(3)15)13(16)17-5-2/h1,6-8,11-12H,5H2,2-3H3,(H,14,15)/t11-,12-/m0/s1. The van der Waals surface area contributed by atoms with Gasteiger partial charge in [0.1, 0.15) is 6.04 Å². The van der Waals surface area contributed by atoms with Gasteiger partial charge in [-0.15, -0.1) is 6.42 Å². The van der Waals surface area contributed by atoms with Gasteiger partial charge < -0.3 is 10.1 Å². The van der Waals surface area contributed by atoms with Crippen molar-refractivity contribution < 1.29 is 14.3 Å². The van der Waals surface area contributed by atoms with Crippen LogP contribution in [0.4, 0.5) is 0 Å². The zero-order valence-electron chi connectivity index (χ0n) is 10.3. The molecule has 0 aliphatic carbocycles. The Morgan fingerprint density at radius 1 is 1.61 bits per heavy atom. The zero-order chi connectivity index (χ0) is 13.5. The van der Waals surface area contributed by atoms with Crippen molar-refractivity contribution in [2.45, 2.75) is 25.8 Å². The van der Waals surface area contributed by atoms with Gasteiger partial charge in [0, 0.05) is 6.92 Å². The minimum atomic E-state index is -0.845. The molecule has 5 heteroatoms. The molecule has 0 bridgehead atoms. The molecular weight excluding hydrogens is 250 g/mol. The van der Waals surface area contributed by atoms with Crippen LogP contribution in [0.25, 0.3) is 0 Å². The Morgan fingerprint density at radius 3 is 2.78 bits per heavy atom. The van der Waals surface area contributed by atoms with E-state index in [9.17, 15) is 9.59 Å². The minimum absolute atomic E-state index is 0.246. The van der Waals surface area contributed by atoms with E-state index in [-0.39, 0.29) is 12.5 Å². The predicted molar refractivity (Wildman–Crippen MR) is 70.1 cm³/mol. The molecule has 0 saturated carbocycles. The number of hydrogen-bond donors (Lipinski definition) is 1. The van der Waals surface area contributed by atoms with Gasteiger partial charge in [-0.05, 0) is 29.3 Å². The van der Waals surface area contributed by atoms with E-state index in [0.29, 0.717) is 0 Å². The van der Waals surface area contributed by atoms with Gasteiger partial charge in [0.05, 0.1) is 12.5 Å². The van der Waals surface area contributed by atoms with Gasteiger partial charge in [-0.25, -0.2) is 4.79 Å². The normalized spacial score (nSPS) is 13.2. The Bertz CT molecular complexity index is 447. The smallest absolute Gasteiger partial charge is 0.330 e. The van der Waals surface area contributed by atoms with Gasteiger partial charge in [0.15, 0.2) is 0 Å². The van der Waals surface area contributed by atoms with Crippen molar-refractivity contribution in [2.24, 2.45) is 0 Å². The molecule has 96 valence electrons. The molecule has 0 aliphatic heterocycles. The lowest BCUT2D eigenvalue weighted by Crippen LogP contribution is -2.44. The van der Waals surface area contributed by atoms with Crippen LogP contribution in [-0.2, 0) is 14.3 Å². The number of amides is 1. The molecule has 0 saturated heterocycles. The lowest BCUT2D eigenvalue weighted by molar-refractivity contribution is -0.147. The van der Waals surface area contributed by atoms with Crippen LogP contribution in [-0.4, -0.2) is 24.5 Å². The molecule has 0 unspecified atom stereocenters. The van der Waals surface area contributed by atoms with Crippen LogP contribution in [0.5, 0.6) is 0 Å². The molecule has 1 N–H and O–H groups in total. The van der Waals surface area contributed by atoms with E-state index in [0.717, 1.165) is 5.56 Å². The fourth-order valence-electron chi connectivity index (χ4n) is 1.57. The van der Waals surface area contributed by atoms with Crippen molar-refractivity contribution >= 4 is 23.2 Å². The average Bonchev–Trinajstić information content (AvgIpc) is 2.82. The second-order valence-electron chi connectivity index (χ2n) is 3.63. The highest BCUT2D eigenvalue weighted by atomic mass is 32.1. The second-order valence-corrected chi connectivity index (χ2v) is 4.41. The number of ether oxygens (including phenoxy) is 1. The topological polar surface area (TPSA) is 55.4 Å². The van der Waals surface area contributed by atoms with Crippen LogP contribution in [0.15, 0.2) is 16.8 Å². The molecule has 0 aromatic carbocycles. The Labute approximate surface area is 110 Å². The van der Waals surface area contributed by atoms with Crippen molar-refractivity contribution in [1.29, 1.82) is 0 Å². The monoisotopic (exact) mass is 265 g/mol. The molecule has 2 atom stereocenters.